The Morgan fingerprint density at radius 1 is 0.880 bits per heavy atom. The Morgan fingerprint density at radius 2 is 1.40 bits per heavy atom. The Hall–Kier alpha value is -0.670. The van der Waals surface area contributed by atoms with Crippen LogP contribution in [0.4, 0.5) is 5.69 Å². The van der Waals surface area contributed by atoms with Crippen LogP contribution in [0.3, 0.4) is 0 Å². The van der Waals surface area contributed by atoms with E-state index >= 15 is 0 Å². The van der Waals surface area contributed by atoms with Gasteiger partial charge in [-0.15, -0.1) is 37.2 Å². The lowest BCUT2D eigenvalue weighted by atomic mass is 10.1. The predicted molar refractivity (Wildman–Crippen MR) is 109 cm³/mol. The Morgan fingerprint density at radius 3 is 1.96 bits per heavy atom. The minimum absolute atomic E-state index is 0. The van der Waals surface area contributed by atoms with Crippen molar-refractivity contribution in [3.63, 3.8) is 0 Å². The van der Waals surface area contributed by atoms with E-state index in [0.717, 1.165) is 57.8 Å². The number of non-ortho nitro benzene ring substituents is 1. The van der Waals surface area contributed by atoms with Crippen molar-refractivity contribution in [2.75, 3.05) is 45.8 Å². The summed E-state index contributed by atoms with van der Waals surface area (Å²) in [4.78, 5) is 10.3. The second-order valence-electron chi connectivity index (χ2n) is 5.48. The van der Waals surface area contributed by atoms with Crippen molar-refractivity contribution in [1.82, 2.24) is 21.3 Å². The van der Waals surface area contributed by atoms with E-state index in [1.54, 1.807) is 12.1 Å². The summed E-state index contributed by atoms with van der Waals surface area (Å²) in [6.45, 7) is 6.63. The smallest absolute Gasteiger partial charge is 0.269 e. The van der Waals surface area contributed by atoms with Crippen LogP contribution < -0.4 is 21.3 Å². The molecule has 0 bridgehead atoms. The molecule has 1 aliphatic heterocycles. The molecule has 1 atom stereocenters. The third kappa shape index (κ3) is 10.8. The summed E-state index contributed by atoms with van der Waals surface area (Å²) in [6.07, 6.45) is 0.860. The van der Waals surface area contributed by atoms with Crippen LogP contribution in [-0.2, 0) is 6.42 Å². The van der Waals surface area contributed by atoms with Crippen molar-refractivity contribution in [2.24, 2.45) is 0 Å². The molecule has 7 nitrogen and oxygen atoms in total. The summed E-state index contributed by atoms with van der Waals surface area (Å²) in [7, 11) is 0. The zero-order valence-electron chi connectivity index (χ0n) is 14.0. The standard InChI is InChI=1S/C15H25N5O2.3ClH/c21-20(22)15-3-1-13(2-4-15)11-14-12-18-8-7-16-5-6-17-9-10-19-14;;;/h1-4,14,16-19H,5-12H2;3*1H/t14-;;;/m0.../s1. The molecule has 0 radical (unpaired) electrons. The van der Waals surface area contributed by atoms with Gasteiger partial charge in [-0.05, 0) is 12.0 Å². The van der Waals surface area contributed by atoms with Crippen LogP contribution in [0.2, 0.25) is 0 Å². The molecule has 10 heteroatoms. The molecule has 1 aromatic rings. The Kier molecular flexibility index (Phi) is 16.5. The molecule has 0 amide bonds. The van der Waals surface area contributed by atoms with E-state index in [0.29, 0.717) is 6.04 Å². The monoisotopic (exact) mass is 415 g/mol. The Balaban J connectivity index is 0. The fourth-order valence-corrected chi connectivity index (χ4v) is 2.50. The van der Waals surface area contributed by atoms with Crippen molar-refractivity contribution >= 4 is 42.9 Å². The van der Waals surface area contributed by atoms with Gasteiger partial charge in [-0.1, -0.05) is 12.1 Å². The zero-order valence-corrected chi connectivity index (χ0v) is 16.5. The highest BCUT2D eigenvalue weighted by atomic mass is 35.5. The maximum Gasteiger partial charge on any atom is 0.269 e. The molecule has 0 saturated carbocycles. The van der Waals surface area contributed by atoms with E-state index in [1.165, 1.54) is 0 Å². The molecule has 1 saturated heterocycles. The lowest BCUT2D eigenvalue weighted by Gasteiger charge is -2.21. The van der Waals surface area contributed by atoms with Crippen molar-refractivity contribution in [3.8, 4) is 0 Å². The average molecular weight is 417 g/mol. The summed E-state index contributed by atoms with van der Waals surface area (Å²) in [5.74, 6) is 0. The summed E-state index contributed by atoms with van der Waals surface area (Å²) in [6, 6.07) is 7.15. The number of nitro benzene ring substituents is 1. The highest BCUT2D eigenvalue weighted by Crippen LogP contribution is 2.13. The van der Waals surface area contributed by atoms with Gasteiger partial charge in [0.05, 0.1) is 4.92 Å². The third-order valence-electron chi connectivity index (χ3n) is 3.71. The van der Waals surface area contributed by atoms with Gasteiger partial charge in [0.15, 0.2) is 0 Å². The van der Waals surface area contributed by atoms with Gasteiger partial charge >= 0.3 is 0 Å². The predicted octanol–water partition coefficient (Wildman–Crippen LogP) is 1.14. The number of hydrogen-bond acceptors (Lipinski definition) is 6. The summed E-state index contributed by atoms with van der Waals surface area (Å²) in [5.41, 5.74) is 1.26. The highest BCUT2D eigenvalue weighted by Gasteiger charge is 2.11. The molecular weight excluding hydrogens is 389 g/mol. The van der Waals surface area contributed by atoms with Crippen LogP contribution in [0.15, 0.2) is 24.3 Å². The van der Waals surface area contributed by atoms with Gasteiger partial charge < -0.3 is 21.3 Å². The maximum absolute atomic E-state index is 10.7. The number of halogens is 3. The van der Waals surface area contributed by atoms with Crippen LogP contribution in [0.1, 0.15) is 5.56 Å². The van der Waals surface area contributed by atoms with Gasteiger partial charge in [0, 0.05) is 64.0 Å². The van der Waals surface area contributed by atoms with Gasteiger partial charge in [0.25, 0.3) is 5.69 Å². The van der Waals surface area contributed by atoms with Gasteiger partial charge in [-0.2, -0.15) is 0 Å². The van der Waals surface area contributed by atoms with E-state index < -0.39 is 0 Å². The van der Waals surface area contributed by atoms with Crippen LogP contribution in [0, 0.1) is 10.1 Å². The van der Waals surface area contributed by atoms with Crippen LogP contribution in [0.25, 0.3) is 0 Å². The molecule has 2 rings (SSSR count). The normalized spacial score (nSPS) is 19.0. The molecule has 0 spiro atoms. The number of benzene rings is 1. The highest BCUT2D eigenvalue weighted by molar-refractivity contribution is 5.86. The van der Waals surface area contributed by atoms with Crippen molar-refractivity contribution in [3.05, 3.63) is 39.9 Å². The first-order valence-electron chi connectivity index (χ1n) is 7.84. The molecule has 0 aliphatic carbocycles. The molecule has 0 aromatic heterocycles. The summed E-state index contributed by atoms with van der Waals surface area (Å²) >= 11 is 0. The molecule has 4 N–H and O–H groups in total. The first-order chi connectivity index (χ1) is 10.8. The van der Waals surface area contributed by atoms with Crippen LogP contribution in [0.5, 0.6) is 0 Å². The third-order valence-corrected chi connectivity index (χ3v) is 3.71. The van der Waals surface area contributed by atoms with Crippen molar-refractivity contribution in [2.45, 2.75) is 12.5 Å². The lowest BCUT2D eigenvalue weighted by Crippen LogP contribution is -2.46. The average Bonchev–Trinajstić information content (AvgIpc) is 2.50. The Labute approximate surface area is 167 Å². The molecule has 1 aromatic carbocycles. The molecule has 25 heavy (non-hydrogen) atoms. The molecule has 1 aliphatic rings. The van der Waals surface area contributed by atoms with E-state index in [1.807, 2.05) is 12.1 Å². The number of hydrogen-bond donors (Lipinski definition) is 4. The second-order valence-corrected chi connectivity index (χ2v) is 5.48. The van der Waals surface area contributed by atoms with E-state index in [9.17, 15) is 10.1 Å². The van der Waals surface area contributed by atoms with Crippen molar-refractivity contribution in [1.29, 1.82) is 0 Å². The van der Waals surface area contributed by atoms with Gasteiger partial charge in [0.2, 0.25) is 0 Å². The van der Waals surface area contributed by atoms with Crippen LogP contribution >= 0.6 is 37.2 Å². The summed E-state index contributed by atoms with van der Waals surface area (Å²) in [5, 5.41) is 24.4. The van der Waals surface area contributed by atoms with E-state index in [4.69, 9.17) is 0 Å². The molecule has 0 unspecified atom stereocenters. The number of nitro groups is 1. The fraction of sp³-hybridized carbons (Fsp3) is 0.600. The van der Waals surface area contributed by atoms with E-state index in [-0.39, 0.29) is 47.8 Å². The quantitative estimate of drug-likeness (QED) is 0.436. The number of rotatable bonds is 3. The van der Waals surface area contributed by atoms with Gasteiger partial charge in [-0.25, -0.2) is 0 Å². The minimum Gasteiger partial charge on any atom is -0.314 e. The van der Waals surface area contributed by atoms with E-state index in [2.05, 4.69) is 21.3 Å². The molecule has 1 fully saturated rings. The minimum atomic E-state index is -0.363. The maximum atomic E-state index is 10.7. The van der Waals surface area contributed by atoms with Crippen LogP contribution in [-0.4, -0.2) is 56.8 Å². The second kappa shape index (κ2) is 15.6. The fourth-order valence-electron chi connectivity index (χ4n) is 2.50. The Bertz CT molecular complexity index is 453. The topological polar surface area (TPSA) is 91.3 Å². The van der Waals surface area contributed by atoms with Crippen molar-refractivity contribution < 1.29 is 4.92 Å². The number of nitrogens with zero attached hydrogens (tertiary/aromatic N) is 1. The number of nitrogens with one attached hydrogen (secondary N) is 4. The van der Waals surface area contributed by atoms with Gasteiger partial charge in [-0.3, -0.25) is 10.1 Å². The zero-order chi connectivity index (χ0) is 15.6. The first kappa shape index (κ1) is 26.6. The molecule has 1 heterocycles. The summed E-state index contributed by atoms with van der Waals surface area (Å²) < 4.78 is 0. The largest absolute Gasteiger partial charge is 0.314 e. The first-order valence-corrected chi connectivity index (χ1v) is 7.84. The van der Waals surface area contributed by atoms with Gasteiger partial charge in [0.1, 0.15) is 0 Å². The SMILES string of the molecule is Cl.Cl.Cl.O=[N+]([O-])c1ccc(C[C@H]2CNCCNCCNCCN2)cc1. The lowest BCUT2D eigenvalue weighted by molar-refractivity contribution is -0.384. The molecule has 146 valence electrons. The molecular formula is C15H28Cl3N5O2.